The molecule has 0 amide bonds. The minimum Gasteiger partial charge on any atom is -0.347 e. The second kappa shape index (κ2) is 5.73. The van der Waals surface area contributed by atoms with Crippen LogP contribution < -0.4 is 4.72 Å². The van der Waals surface area contributed by atoms with E-state index in [4.69, 9.17) is 0 Å². The lowest BCUT2D eigenvalue weighted by atomic mass is 9.98. The monoisotopic (exact) mass is 323 g/mol. The van der Waals surface area contributed by atoms with Gasteiger partial charge in [0, 0.05) is 6.20 Å². The lowest BCUT2D eigenvalue weighted by Gasteiger charge is -2.26. The van der Waals surface area contributed by atoms with Gasteiger partial charge in [0.2, 0.25) is 10.0 Å². The van der Waals surface area contributed by atoms with Crippen molar-refractivity contribution in [2.24, 2.45) is 0 Å². The average Bonchev–Trinajstić information content (AvgIpc) is 3.01. The molecule has 1 aliphatic heterocycles. The molecule has 2 aromatic rings. The van der Waals surface area contributed by atoms with Crippen LogP contribution in [0.5, 0.6) is 0 Å². The molecule has 2 N–H and O–H groups in total. The molecule has 0 saturated heterocycles. The van der Waals surface area contributed by atoms with Crippen molar-refractivity contribution in [2.75, 3.05) is 16.2 Å². The number of nitrogens with one attached hydrogen (secondary N) is 2. The first-order valence-corrected chi connectivity index (χ1v) is 9.53. The first kappa shape index (κ1) is 14.5. The zero-order valence-corrected chi connectivity index (χ0v) is 13.3. The van der Waals surface area contributed by atoms with E-state index in [0.29, 0.717) is 5.69 Å². The molecule has 0 fully saturated rings. The van der Waals surface area contributed by atoms with Crippen molar-refractivity contribution >= 4 is 27.5 Å². The third-order valence-corrected chi connectivity index (χ3v) is 6.15. The van der Waals surface area contributed by atoms with E-state index in [2.05, 4.69) is 20.8 Å². The van der Waals surface area contributed by atoms with Crippen LogP contribution in [0.3, 0.4) is 0 Å². The number of aromatic nitrogens is 2. The first-order valence-electron chi connectivity index (χ1n) is 6.83. The fourth-order valence-electron chi connectivity index (χ4n) is 2.50. The standard InChI is InChI=1S/C14H17N3O2S2/c1-2-21(18,19)17-12-5-3-4-11-10(12)6-7-20-14(11)13-8-15-9-16-13/h3-5,8-9,14,17H,2,6-7H2,1H3,(H,15,16). The summed E-state index contributed by atoms with van der Waals surface area (Å²) in [5, 5.41) is 0.183. The van der Waals surface area contributed by atoms with Gasteiger partial charge in [0.15, 0.2) is 0 Å². The van der Waals surface area contributed by atoms with Gasteiger partial charge in [0.1, 0.15) is 0 Å². The van der Waals surface area contributed by atoms with Crippen LogP contribution in [0.4, 0.5) is 5.69 Å². The second-order valence-corrected chi connectivity index (χ2v) is 8.11. The molecule has 0 radical (unpaired) electrons. The van der Waals surface area contributed by atoms with Gasteiger partial charge < -0.3 is 4.98 Å². The maximum absolute atomic E-state index is 11.8. The fraction of sp³-hybridized carbons (Fsp3) is 0.357. The largest absolute Gasteiger partial charge is 0.347 e. The van der Waals surface area contributed by atoms with Gasteiger partial charge in [-0.25, -0.2) is 13.4 Å². The molecule has 1 aromatic heterocycles. The lowest BCUT2D eigenvalue weighted by Crippen LogP contribution is -2.18. The average molecular weight is 323 g/mol. The number of imidazole rings is 1. The van der Waals surface area contributed by atoms with Gasteiger partial charge in [-0.15, -0.1) is 11.8 Å². The van der Waals surface area contributed by atoms with Crippen LogP contribution in [0.15, 0.2) is 30.7 Å². The number of benzene rings is 1. The number of H-pyrrole nitrogens is 1. The highest BCUT2D eigenvalue weighted by Crippen LogP contribution is 2.43. The molecular formula is C14H17N3O2S2. The molecule has 1 unspecified atom stereocenters. The summed E-state index contributed by atoms with van der Waals surface area (Å²) in [5.41, 5.74) is 4.01. The molecule has 21 heavy (non-hydrogen) atoms. The number of anilines is 1. The Kier molecular flexibility index (Phi) is 3.95. The second-order valence-electron chi connectivity index (χ2n) is 4.89. The molecule has 7 heteroatoms. The third kappa shape index (κ3) is 2.94. The summed E-state index contributed by atoms with van der Waals surface area (Å²) in [6, 6.07) is 5.81. The predicted molar refractivity (Wildman–Crippen MR) is 86.1 cm³/mol. The number of fused-ring (bicyclic) bond motifs is 1. The number of hydrogen-bond donors (Lipinski definition) is 2. The highest BCUT2D eigenvalue weighted by molar-refractivity contribution is 7.99. The molecule has 3 rings (SSSR count). The van der Waals surface area contributed by atoms with E-state index < -0.39 is 10.0 Å². The molecule has 1 aliphatic rings. The molecule has 0 aliphatic carbocycles. The Balaban J connectivity index is 2.02. The van der Waals surface area contributed by atoms with E-state index >= 15 is 0 Å². The van der Waals surface area contributed by atoms with Crippen molar-refractivity contribution in [3.05, 3.63) is 47.5 Å². The van der Waals surface area contributed by atoms with Crippen LogP contribution in [-0.4, -0.2) is 29.9 Å². The number of nitrogens with zero attached hydrogens (tertiary/aromatic N) is 1. The number of hydrogen-bond acceptors (Lipinski definition) is 4. The van der Waals surface area contributed by atoms with Gasteiger partial charge in [-0.1, -0.05) is 12.1 Å². The quantitative estimate of drug-likeness (QED) is 0.907. The van der Waals surface area contributed by atoms with Crippen molar-refractivity contribution in [2.45, 2.75) is 18.6 Å². The zero-order chi connectivity index (χ0) is 14.9. The number of sulfonamides is 1. The Morgan fingerprint density at radius 2 is 2.33 bits per heavy atom. The summed E-state index contributed by atoms with van der Waals surface area (Å²) in [7, 11) is -3.25. The van der Waals surface area contributed by atoms with Crippen molar-refractivity contribution in [1.29, 1.82) is 0 Å². The third-order valence-electron chi connectivity index (χ3n) is 3.58. The molecular weight excluding hydrogens is 306 g/mol. The molecule has 5 nitrogen and oxygen atoms in total. The van der Waals surface area contributed by atoms with Crippen LogP contribution in [0.1, 0.15) is 29.0 Å². The molecule has 0 bridgehead atoms. The van der Waals surface area contributed by atoms with Crippen LogP contribution in [-0.2, 0) is 16.4 Å². The van der Waals surface area contributed by atoms with Crippen LogP contribution in [0.2, 0.25) is 0 Å². The van der Waals surface area contributed by atoms with Crippen LogP contribution >= 0.6 is 11.8 Å². The molecule has 0 saturated carbocycles. The summed E-state index contributed by atoms with van der Waals surface area (Å²) in [6.45, 7) is 1.64. The number of aromatic amines is 1. The van der Waals surface area contributed by atoms with E-state index in [1.807, 2.05) is 30.1 Å². The minimum atomic E-state index is -3.25. The Morgan fingerprint density at radius 1 is 1.48 bits per heavy atom. The maximum atomic E-state index is 11.8. The molecule has 112 valence electrons. The first-order chi connectivity index (χ1) is 10.1. The van der Waals surface area contributed by atoms with E-state index in [9.17, 15) is 8.42 Å². The van der Waals surface area contributed by atoms with Gasteiger partial charge in [0.25, 0.3) is 0 Å². The van der Waals surface area contributed by atoms with E-state index in [0.717, 1.165) is 29.0 Å². The van der Waals surface area contributed by atoms with E-state index in [1.54, 1.807) is 13.3 Å². The van der Waals surface area contributed by atoms with Crippen molar-refractivity contribution in [1.82, 2.24) is 9.97 Å². The maximum Gasteiger partial charge on any atom is 0.232 e. The topological polar surface area (TPSA) is 74.8 Å². The van der Waals surface area contributed by atoms with Gasteiger partial charge in [0.05, 0.1) is 28.7 Å². The van der Waals surface area contributed by atoms with Gasteiger partial charge in [-0.2, -0.15) is 0 Å². The normalized spacial score (nSPS) is 18.2. The Hall–Kier alpha value is -1.47. The number of thioether (sulfide) groups is 1. The Morgan fingerprint density at radius 3 is 3.05 bits per heavy atom. The van der Waals surface area contributed by atoms with E-state index in [-0.39, 0.29) is 11.0 Å². The highest BCUT2D eigenvalue weighted by atomic mass is 32.2. The summed E-state index contributed by atoms with van der Waals surface area (Å²) < 4.78 is 26.4. The minimum absolute atomic E-state index is 0.0788. The van der Waals surface area contributed by atoms with Crippen LogP contribution in [0.25, 0.3) is 0 Å². The number of rotatable bonds is 4. The van der Waals surface area contributed by atoms with Crippen LogP contribution in [0, 0.1) is 0 Å². The molecule has 1 atom stereocenters. The molecule has 0 spiro atoms. The summed E-state index contributed by atoms with van der Waals surface area (Å²) in [4.78, 5) is 7.24. The van der Waals surface area contributed by atoms with Gasteiger partial charge >= 0.3 is 0 Å². The highest BCUT2D eigenvalue weighted by Gasteiger charge is 2.25. The fourth-order valence-corrected chi connectivity index (χ4v) is 4.44. The Labute approximate surface area is 128 Å². The summed E-state index contributed by atoms with van der Waals surface area (Å²) in [6.07, 6.45) is 4.37. The van der Waals surface area contributed by atoms with Gasteiger partial charge in [-0.05, 0) is 36.3 Å². The Bertz CT molecular complexity index is 727. The zero-order valence-electron chi connectivity index (χ0n) is 11.7. The van der Waals surface area contributed by atoms with Gasteiger partial charge in [-0.3, -0.25) is 4.72 Å². The lowest BCUT2D eigenvalue weighted by molar-refractivity contribution is 0.602. The van der Waals surface area contributed by atoms with E-state index in [1.165, 1.54) is 0 Å². The van der Waals surface area contributed by atoms with Crippen molar-refractivity contribution in [3.63, 3.8) is 0 Å². The SMILES string of the molecule is CCS(=O)(=O)Nc1cccc2c1CCSC2c1cnc[nH]1. The van der Waals surface area contributed by atoms with Crippen molar-refractivity contribution in [3.8, 4) is 0 Å². The van der Waals surface area contributed by atoms with Crippen molar-refractivity contribution < 1.29 is 8.42 Å². The summed E-state index contributed by atoms with van der Waals surface area (Å²) >= 11 is 1.85. The smallest absolute Gasteiger partial charge is 0.232 e. The molecule has 1 aromatic carbocycles. The predicted octanol–water partition coefficient (Wildman–Crippen LogP) is 2.55. The summed E-state index contributed by atoms with van der Waals surface area (Å²) in [5.74, 6) is 1.04. The molecule has 2 heterocycles.